The van der Waals surface area contributed by atoms with Gasteiger partial charge in [-0.05, 0) is 12.1 Å². The molecule has 0 atom stereocenters. The van der Waals surface area contributed by atoms with Crippen LogP contribution in [0.15, 0.2) is 18.5 Å². The number of rotatable bonds is 5. The van der Waals surface area contributed by atoms with E-state index in [1.165, 1.54) is 32.3 Å². The summed E-state index contributed by atoms with van der Waals surface area (Å²) in [6.45, 7) is 0. The maximum absolute atomic E-state index is 12.4. The van der Waals surface area contributed by atoms with Crippen LogP contribution in [-0.4, -0.2) is 41.9 Å². The Morgan fingerprint density at radius 1 is 1.10 bits per heavy atom. The molecule has 106 valence electrons. The maximum atomic E-state index is 12.4. The number of ether oxygens (including phenoxy) is 3. The van der Waals surface area contributed by atoms with Crippen LogP contribution in [0.1, 0.15) is 16.2 Å². The maximum Gasteiger partial charge on any atom is 0.230 e. The van der Waals surface area contributed by atoms with Crippen molar-refractivity contribution in [3.8, 4) is 17.2 Å². The fourth-order valence-corrected chi connectivity index (χ4v) is 1.84. The standard InChI is InChI=1S/C13H15N3O4/c1-16-13(14-7-15-16)11(17)8-5-9(18-2)12(20-4)10(6-8)19-3/h5-7H,1-4H3. The Hall–Kier alpha value is -2.57. The highest BCUT2D eigenvalue weighted by atomic mass is 16.5. The molecule has 0 amide bonds. The zero-order chi connectivity index (χ0) is 14.7. The minimum Gasteiger partial charge on any atom is -0.493 e. The van der Waals surface area contributed by atoms with Gasteiger partial charge in [-0.2, -0.15) is 5.10 Å². The van der Waals surface area contributed by atoms with Gasteiger partial charge >= 0.3 is 0 Å². The second kappa shape index (κ2) is 5.60. The minimum absolute atomic E-state index is 0.235. The van der Waals surface area contributed by atoms with Crippen molar-refractivity contribution in [2.24, 2.45) is 7.05 Å². The van der Waals surface area contributed by atoms with Crippen LogP contribution in [0.2, 0.25) is 0 Å². The predicted molar refractivity (Wildman–Crippen MR) is 70.5 cm³/mol. The minimum atomic E-state index is -0.274. The highest BCUT2D eigenvalue weighted by molar-refractivity contribution is 6.07. The lowest BCUT2D eigenvalue weighted by Crippen LogP contribution is -2.10. The first-order valence-corrected chi connectivity index (χ1v) is 5.81. The van der Waals surface area contributed by atoms with E-state index >= 15 is 0 Å². The van der Waals surface area contributed by atoms with Gasteiger partial charge in [0, 0.05) is 12.6 Å². The van der Waals surface area contributed by atoms with Crippen LogP contribution in [0.5, 0.6) is 17.2 Å². The van der Waals surface area contributed by atoms with Crippen molar-refractivity contribution in [1.82, 2.24) is 14.8 Å². The van der Waals surface area contributed by atoms with Crippen LogP contribution >= 0.6 is 0 Å². The van der Waals surface area contributed by atoms with Crippen LogP contribution in [0, 0.1) is 0 Å². The first-order valence-electron chi connectivity index (χ1n) is 5.81. The van der Waals surface area contributed by atoms with Crippen molar-refractivity contribution in [3.05, 3.63) is 29.8 Å². The molecule has 0 aliphatic carbocycles. The third kappa shape index (κ3) is 2.29. The topological polar surface area (TPSA) is 75.5 Å². The number of aromatic nitrogens is 3. The lowest BCUT2D eigenvalue weighted by Gasteiger charge is -2.13. The van der Waals surface area contributed by atoms with Crippen molar-refractivity contribution in [3.63, 3.8) is 0 Å². The van der Waals surface area contributed by atoms with Gasteiger partial charge in [-0.1, -0.05) is 0 Å². The van der Waals surface area contributed by atoms with Crippen molar-refractivity contribution >= 4 is 5.78 Å². The summed E-state index contributed by atoms with van der Waals surface area (Å²) in [6.07, 6.45) is 1.32. The Kier molecular flexibility index (Phi) is 3.88. The summed E-state index contributed by atoms with van der Waals surface area (Å²) in [6, 6.07) is 3.16. The number of hydrogen-bond donors (Lipinski definition) is 0. The normalized spacial score (nSPS) is 10.2. The number of ketones is 1. The van der Waals surface area contributed by atoms with E-state index in [1.807, 2.05) is 0 Å². The molecular weight excluding hydrogens is 262 g/mol. The molecule has 2 rings (SSSR count). The molecule has 0 spiro atoms. The van der Waals surface area contributed by atoms with Crippen molar-refractivity contribution in [1.29, 1.82) is 0 Å². The summed E-state index contributed by atoms with van der Waals surface area (Å²) in [4.78, 5) is 16.3. The fraction of sp³-hybridized carbons (Fsp3) is 0.308. The molecule has 1 heterocycles. The van der Waals surface area contributed by atoms with E-state index in [9.17, 15) is 4.79 Å². The summed E-state index contributed by atoms with van der Waals surface area (Å²) >= 11 is 0. The number of methoxy groups -OCH3 is 3. The second-order valence-electron chi connectivity index (χ2n) is 3.95. The van der Waals surface area contributed by atoms with E-state index in [1.54, 1.807) is 19.2 Å². The first-order chi connectivity index (χ1) is 9.62. The van der Waals surface area contributed by atoms with E-state index in [4.69, 9.17) is 14.2 Å². The molecule has 0 radical (unpaired) electrons. The van der Waals surface area contributed by atoms with Gasteiger partial charge in [0.05, 0.1) is 21.3 Å². The van der Waals surface area contributed by atoms with Gasteiger partial charge in [0.1, 0.15) is 6.33 Å². The van der Waals surface area contributed by atoms with Crippen molar-refractivity contribution in [2.45, 2.75) is 0 Å². The van der Waals surface area contributed by atoms with E-state index in [2.05, 4.69) is 10.1 Å². The Morgan fingerprint density at radius 2 is 1.70 bits per heavy atom. The molecule has 0 saturated heterocycles. The van der Waals surface area contributed by atoms with Crippen LogP contribution in [0.3, 0.4) is 0 Å². The summed E-state index contributed by atoms with van der Waals surface area (Å²) in [5.41, 5.74) is 0.385. The van der Waals surface area contributed by atoms with E-state index in [0.717, 1.165) is 0 Å². The molecule has 1 aromatic heterocycles. The van der Waals surface area contributed by atoms with Gasteiger partial charge in [0.15, 0.2) is 17.3 Å². The number of carbonyl (C=O) groups excluding carboxylic acids is 1. The van der Waals surface area contributed by atoms with Gasteiger partial charge < -0.3 is 14.2 Å². The molecule has 0 aliphatic heterocycles. The van der Waals surface area contributed by atoms with Crippen molar-refractivity contribution < 1.29 is 19.0 Å². The molecule has 0 saturated carbocycles. The third-order valence-corrected chi connectivity index (χ3v) is 2.84. The summed E-state index contributed by atoms with van der Waals surface area (Å²) in [7, 11) is 6.14. The zero-order valence-electron chi connectivity index (χ0n) is 11.7. The van der Waals surface area contributed by atoms with Crippen LogP contribution < -0.4 is 14.2 Å². The second-order valence-corrected chi connectivity index (χ2v) is 3.95. The molecule has 0 fully saturated rings. The Balaban J connectivity index is 2.53. The lowest BCUT2D eigenvalue weighted by molar-refractivity contribution is 0.102. The molecule has 7 heteroatoms. The van der Waals surface area contributed by atoms with E-state index in [-0.39, 0.29) is 11.6 Å². The lowest BCUT2D eigenvalue weighted by atomic mass is 10.1. The molecule has 7 nitrogen and oxygen atoms in total. The molecular formula is C13H15N3O4. The van der Waals surface area contributed by atoms with Gasteiger partial charge in [-0.3, -0.25) is 4.79 Å². The van der Waals surface area contributed by atoms with E-state index in [0.29, 0.717) is 22.8 Å². The summed E-state index contributed by atoms with van der Waals surface area (Å²) in [5.74, 6) is 1.22. The van der Waals surface area contributed by atoms with E-state index < -0.39 is 0 Å². The monoisotopic (exact) mass is 277 g/mol. The zero-order valence-corrected chi connectivity index (χ0v) is 11.7. The summed E-state index contributed by atoms with van der Waals surface area (Å²) in [5, 5.41) is 3.88. The Bertz CT molecular complexity index is 611. The highest BCUT2D eigenvalue weighted by Crippen LogP contribution is 2.38. The largest absolute Gasteiger partial charge is 0.493 e. The Labute approximate surface area is 116 Å². The molecule has 20 heavy (non-hydrogen) atoms. The molecule has 0 bridgehead atoms. The van der Waals surface area contributed by atoms with Gasteiger partial charge in [0.25, 0.3) is 0 Å². The Morgan fingerprint density at radius 3 is 2.10 bits per heavy atom. The molecule has 0 aliphatic rings. The number of carbonyl (C=O) groups is 1. The third-order valence-electron chi connectivity index (χ3n) is 2.84. The SMILES string of the molecule is COc1cc(C(=O)c2ncnn2C)cc(OC)c1OC. The number of nitrogens with zero attached hydrogens (tertiary/aromatic N) is 3. The van der Waals surface area contributed by atoms with Gasteiger partial charge in [-0.25, -0.2) is 9.67 Å². The molecule has 0 N–H and O–H groups in total. The molecule has 1 aromatic carbocycles. The predicted octanol–water partition coefficient (Wildman–Crippen LogP) is 1.07. The summed E-state index contributed by atoms with van der Waals surface area (Å²) < 4.78 is 17.1. The van der Waals surface area contributed by atoms with Crippen LogP contribution in [0.4, 0.5) is 0 Å². The number of benzene rings is 1. The smallest absolute Gasteiger partial charge is 0.230 e. The van der Waals surface area contributed by atoms with Gasteiger partial charge in [-0.15, -0.1) is 0 Å². The fourth-order valence-electron chi connectivity index (χ4n) is 1.84. The number of hydrogen-bond acceptors (Lipinski definition) is 6. The average molecular weight is 277 g/mol. The quantitative estimate of drug-likeness (QED) is 0.761. The average Bonchev–Trinajstić information content (AvgIpc) is 2.90. The van der Waals surface area contributed by atoms with Gasteiger partial charge in [0.2, 0.25) is 11.5 Å². The molecule has 0 unspecified atom stereocenters. The van der Waals surface area contributed by atoms with Crippen molar-refractivity contribution in [2.75, 3.05) is 21.3 Å². The molecule has 2 aromatic rings. The first kappa shape index (κ1) is 13.9. The number of aryl methyl sites for hydroxylation is 1. The van der Waals surface area contributed by atoms with Crippen LogP contribution in [0.25, 0.3) is 0 Å². The highest BCUT2D eigenvalue weighted by Gasteiger charge is 2.20. The van der Waals surface area contributed by atoms with Crippen LogP contribution in [-0.2, 0) is 7.05 Å².